The monoisotopic (exact) mass is 394 g/mol. The van der Waals surface area contributed by atoms with Crippen molar-refractivity contribution in [2.75, 3.05) is 0 Å². The Morgan fingerprint density at radius 1 is 0.897 bits per heavy atom. The Morgan fingerprint density at radius 3 is 1.97 bits per heavy atom. The average molecular weight is 395 g/mol. The quantitative estimate of drug-likeness (QED) is 0.174. The molecule has 0 aromatic rings. The number of carbonyl (C=O) groups excluding carboxylic acids is 1. The zero-order valence-electron chi connectivity index (χ0n) is 19.8. The zero-order valence-corrected chi connectivity index (χ0v) is 19.8. The van der Waals surface area contributed by atoms with Gasteiger partial charge in [-0.05, 0) is 58.3 Å². The van der Waals surface area contributed by atoms with Gasteiger partial charge in [0.25, 0.3) is 0 Å². The molecule has 0 fully saturated rings. The number of hydrogen-bond donors (Lipinski definition) is 0. The van der Waals surface area contributed by atoms with E-state index in [-0.39, 0.29) is 11.7 Å². The van der Waals surface area contributed by atoms with Crippen LogP contribution in [-0.4, -0.2) is 5.78 Å². The number of Topliss-reactive ketones (excluding diaryl/α,β-unsaturated/α-hetero) is 1. The van der Waals surface area contributed by atoms with Crippen molar-refractivity contribution in [1.29, 1.82) is 0 Å². The summed E-state index contributed by atoms with van der Waals surface area (Å²) in [5.74, 6) is 0.769. The molecule has 0 saturated carbocycles. The van der Waals surface area contributed by atoms with Crippen molar-refractivity contribution in [3.8, 4) is 0 Å². The summed E-state index contributed by atoms with van der Waals surface area (Å²) >= 11 is 0. The Balaban J connectivity index is 4.93. The van der Waals surface area contributed by atoms with Crippen molar-refractivity contribution in [3.05, 3.63) is 83.6 Å². The van der Waals surface area contributed by atoms with Crippen LogP contribution in [0, 0.1) is 11.8 Å². The van der Waals surface area contributed by atoms with E-state index in [1.54, 1.807) is 6.08 Å². The first-order chi connectivity index (χ1) is 13.7. The molecule has 0 spiro atoms. The lowest BCUT2D eigenvalue weighted by molar-refractivity contribution is -0.112. The van der Waals surface area contributed by atoms with Gasteiger partial charge in [0.1, 0.15) is 0 Å². The van der Waals surface area contributed by atoms with Gasteiger partial charge in [0.15, 0.2) is 5.78 Å². The Labute approximate surface area is 180 Å². The third-order valence-electron chi connectivity index (χ3n) is 4.69. The normalized spacial score (nSPS) is 14.7. The standard InChI is InChI=1S/C28H42O/c1-9-11-12-15-24(7)16-13-14-17-25(8)19-21-27(23(5)6)28(29)26(10-2)20-18-22(3)4/h9-12,15,18-23H,1,13-14,16-17H2,2-8H3. The molecule has 29 heavy (non-hydrogen) atoms. The highest BCUT2D eigenvalue weighted by atomic mass is 16.1. The summed E-state index contributed by atoms with van der Waals surface area (Å²) in [5, 5.41) is 0. The van der Waals surface area contributed by atoms with Crippen molar-refractivity contribution in [3.63, 3.8) is 0 Å². The summed E-state index contributed by atoms with van der Waals surface area (Å²) in [4.78, 5) is 12.9. The minimum atomic E-state index is 0.136. The van der Waals surface area contributed by atoms with Gasteiger partial charge in [-0.15, -0.1) is 0 Å². The molecule has 0 aliphatic rings. The Hall–Kier alpha value is -2.15. The van der Waals surface area contributed by atoms with Crippen LogP contribution in [0.5, 0.6) is 0 Å². The number of unbranched alkanes of at least 4 members (excludes halogenated alkanes) is 1. The zero-order chi connectivity index (χ0) is 22.2. The second-order valence-electron chi connectivity index (χ2n) is 8.31. The van der Waals surface area contributed by atoms with Crippen molar-refractivity contribution in [2.24, 2.45) is 11.8 Å². The molecule has 1 heteroatoms. The van der Waals surface area contributed by atoms with E-state index in [2.05, 4.69) is 66.3 Å². The van der Waals surface area contributed by atoms with E-state index in [0.717, 1.165) is 30.4 Å². The summed E-state index contributed by atoms with van der Waals surface area (Å²) in [5.41, 5.74) is 4.37. The summed E-state index contributed by atoms with van der Waals surface area (Å²) in [6.45, 7) is 18.4. The van der Waals surface area contributed by atoms with Crippen molar-refractivity contribution in [2.45, 2.75) is 74.1 Å². The van der Waals surface area contributed by atoms with E-state index in [1.807, 2.05) is 37.3 Å². The van der Waals surface area contributed by atoms with Crippen LogP contribution in [0.4, 0.5) is 0 Å². The minimum absolute atomic E-state index is 0.136. The van der Waals surface area contributed by atoms with Crippen molar-refractivity contribution < 1.29 is 4.79 Å². The van der Waals surface area contributed by atoms with E-state index in [4.69, 9.17) is 0 Å². The van der Waals surface area contributed by atoms with Gasteiger partial charge in [-0.25, -0.2) is 0 Å². The first-order valence-corrected chi connectivity index (χ1v) is 10.9. The Kier molecular flexibility index (Phi) is 14.6. The molecule has 0 aliphatic heterocycles. The van der Waals surface area contributed by atoms with Gasteiger partial charge in [0, 0.05) is 11.1 Å². The Bertz CT molecular complexity index is 688. The van der Waals surface area contributed by atoms with Gasteiger partial charge < -0.3 is 0 Å². The van der Waals surface area contributed by atoms with E-state index in [1.165, 1.54) is 17.6 Å². The number of rotatable bonds is 13. The molecule has 0 saturated heterocycles. The van der Waals surface area contributed by atoms with E-state index in [9.17, 15) is 4.79 Å². The van der Waals surface area contributed by atoms with E-state index in [0.29, 0.717) is 5.92 Å². The summed E-state index contributed by atoms with van der Waals surface area (Å²) < 4.78 is 0. The lowest BCUT2D eigenvalue weighted by Gasteiger charge is -2.11. The van der Waals surface area contributed by atoms with Crippen LogP contribution in [0.15, 0.2) is 83.6 Å². The molecule has 0 amide bonds. The fraction of sp³-hybridized carbons (Fsp3) is 0.464. The molecular weight excluding hydrogens is 352 g/mol. The highest BCUT2D eigenvalue weighted by Crippen LogP contribution is 2.19. The lowest BCUT2D eigenvalue weighted by Crippen LogP contribution is -2.10. The smallest absolute Gasteiger partial charge is 0.188 e. The third kappa shape index (κ3) is 12.8. The van der Waals surface area contributed by atoms with E-state index >= 15 is 0 Å². The molecule has 0 rings (SSSR count). The predicted molar refractivity (Wildman–Crippen MR) is 131 cm³/mol. The second-order valence-corrected chi connectivity index (χ2v) is 8.31. The lowest BCUT2D eigenvalue weighted by atomic mass is 9.92. The first-order valence-electron chi connectivity index (χ1n) is 10.9. The second kappa shape index (κ2) is 15.7. The van der Waals surface area contributed by atoms with Crippen molar-refractivity contribution in [1.82, 2.24) is 0 Å². The highest BCUT2D eigenvalue weighted by molar-refractivity contribution is 6.10. The topological polar surface area (TPSA) is 17.1 Å². The van der Waals surface area contributed by atoms with Gasteiger partial charge >= 0.3 is 0 Å². The fourth-order valence-corrected chi connectivity index (χ4v) is 2.80. The van der Waals surface area contributed by atoms with Gasteiger partial charge in [0.2, 0.25) is 0 Å². The molecule has 0 radical (unpaired) electrons. The van der Waals surface area contributed by atoms with Crippen LogP contribution in [0.1, 0.15) is 74.1 Å². The molecule has 160 valence electrons. The van der Waals surface area contributed by atoms with Gasteiger partial charge in [-0.3, -0.25) is 4.79 Å². The van der Waals surface area contributed by atoms with Gasteiger partial charge in [-0.1, -0.05) is 100 Å². The van der Waals surface area contributed by atoms with Crippen LogP contribution in [0.25, 0.3) is 0 Å². The predicted octanol–water partition coefficient (Wildman–Crippen LogP) is 8.49. The Morgan fingerprint density at radius 2 is 1.48 bits per heavy atom. The maximum absolute atomic E-state index is 12.9. The highest BCUT2D eigenvalue weighted by Gasteiger charge is 2.15. The van der Waals surface area contributed by atoms with Crippen LogP contribution < -0.4 is 0 Å². The SMILES string of the molecule is C=CC=CC=C(C)CCCCC(C)=CC=C(C(=O)C(C=CC(C)C)=CC)C(C)C. The maximum atomic E-state index is 12.9. The molecule has 0 aromatic heterocycles. The molecular formula is C28H42O. The fourth-order valence-electron chi connectivity index (χ4n) is 2.80. The molecule has 1 nitrogen and oxygen atoms in total. The molecule has 0 unspecified atom stereocenters. The maximum Gasteiger partial charge on any atom is 0.188 e. The summed E-state index contributed by atoms with van der Waals surface area (Å²) in [7, 11) is 0. The minimum Gasteiger partial charge on any atom is -0.289 e. The molecule has 0 atom stereocenters. The van der Waals surface area contributed by atoms with Crippen LogP contribution in [0.3, 0.4) is 0 Å². The van der Waals surface area contributed by atoms with Crippen molar-refractivity contribution >= 4 is 5.78 Å². The first kappa shape index (κ1) is 26.9. The van der Waals surface area contributed by atoms with Crippen LogP contribution in [0.2, 0.25) is 0 Å². The molecule has 0 bridgehead atoms. The average Bonchev–Trinajstić information content (AvgIpc) is 2.65. The van der Waals surface area contributed by atoms with Gasteiger partial charge in [0.05, 0.1) is 0 Å². The summed E-state index contributed by atoms with van der Waals surface area (Å²) in [6, 6.07) is 0. The number of ketones is 1. The molecule has 0 N–H and O–H groups in total. The number of allylic oxidation sites excluding steroid dienone is 13. The largest absolute Gasteiger partial charge is 0.289 e. The van der Waals surface area contributed by atoms with Gasteiger partial charge in [-0.2, -0.15) is 0 Å². The molecule has 0 aromatic carbocycles. The number of hydrogen-bond acceptors (Lipinski definition) is 1. The third-order valence-corrected chi connectivity index (χ3v) is 4.69. The summed E-state index contributed by atoms with van der Waals surface area (Å²) in [6.07, 6.45) is 22.6. The molecule has 0 aliphatic carbocycles. The number of carbonyl (C=O) groups is 1. The molecule has 0 heterocycles. The van der Waals surface area contributed by atoms with Crippen LogP contribution in [-0.2, 0) is 4.79 Å². The van der Waals surface area contributed by atoms with Crippen LogP contribution >= 0.6 is 0 Å². The van der Waals surface area contributed by atoms with E-state index < -0.39 is 0 Å².